The van der Waals surface area contributed by atoms with Crippen LogP contribution in [0.1, 0.15) is 16.8 Å². The SMILES string of the molecule is Cc1[nH]c2c(F)ccc(C)c2c1CCNC(=O)COc1cccc(N2CCNCC2)c1. The molecular formula is C24H29FN4O2. The van der Waals surface area contributed by atoms with Gasteiger partial charge in [0.05, 0.1) is 5.52 Å². The smallest absolute Gasteiger partial charge is 0.257 e. The lowest BCUT2D eigenvalue weighted by atomic mass is 10.0. The first kappa shape index (κ1) is 21.2. The average molecular weight is 425 g/mol. The maximum Gasteiger partial charge on any atom is 0.257 e. The molecule has 4 rings (SSSR count). The van der Waals surface area contributed by atoms with Crippen LogP contribution in [0.4, 0.5) is 10.1 Å². The van der Waals surface area contributed by atoms with Crippen molar-refractivity contribution in [3.63, 3.8) is 0 Å². The van der Waals surface area contributed by atoms with E-state index in [1.54, 1.807) is 6.07 Å². The Balaban J connectivity index is 1.30. The molecule has 7 heteroatoms. The number of aromatic amines is 1. The highest BCUT2D eigenvalue weighted by Gasteiger charge is 2.15. The Morgan fingerprint density at radius 1 is 1.19 bits per heavy atom. The lowest BCUT2D eigenvalue weighted by Crippen LogP contribution is -2.43. The van der Waals surface area contributed by atoms with E-state index in [2.05, 4.69) is 26.6 Å². The normalized spacial score (nSPS) is 14.1. The first-order valence-corrected chi connectivity index (χ1v) is 10.7. The van der Waals surface area contributed by atoms with Gasteiger partial charge in [-0.1, -0.05) is 12.1 Å². The van der Waals surface area contributed by atoms with Gasteiger partial charge in [0.25, 0.3) is 5.91 Å². The van der Waals surface area contributed by atoms with Gasteiger partial charge in [0.1, 0.15) is 11.6 Å². The molecule has 0 atom stereocenters. The van der Waals surface area contributed by atoms with E-state index in [-0.39, 0.29) is 18.3 Å². The molecule has 3 aromatic rings. The van der Waals surface area contributed by atoms with Crippen molar-refractivity contribution in [1.82, 2.24) is 15.6 Å². The van der Waals surface area contributed by atoms with E-state index in [1.165, 1.54) is 6.07 Å². The number of H-pyrrole nitrogens is 1. The van der Waals surface area contributed by atoms with E-state index in [9.17, 15) is 9.18 Å². The molecule has 2 aromatic carbocycles. The molecule has 6 nitrogen and oxygen atoms in total. The van der Waals surface area contributed by atoms with Crippen LogP contribution in [0, 0.1) is 19.7 Å². The van der Waals surface area contributed by atoms with Gasteiger partial charge >= 0.3 is 0 Å². The van der Waals surface area contributed by atoms with Crippen LogP contribution in [0.3, 0.4) is 0 Å². The van der Waals surface area contributed by atoms with Gasteiger partial charge < -0.3 is 25.3 Å². The number of hydrogen-bond donors (Lipinski definition) is 3. The van der Waals surface area contributed by atoms with Crippen molar-refractivity contribution in [1.29, 1.82) is 0 Å². The van der Waals surface area contributed by atoms with Crippen LogP contribution in [-0.2, 0) is 11.2 Å². The number of nitrogens with zero attached hydrogens (tertiary/aromatic N) is 1. The molecule has 1 aromatic heterocycles. The molecule has 0 radical (unpaired) electrons. The summed E-state index contributed by atoms with van der Waals surface area (Å²) in [5, 5.41) is 7.16. The third kappa shape index (κ3) is 4.82. The van der Waals surface area contributed by atoms with E-state index in [0.717, 1.165) is 54.1 Å². The summed E-state index contributed by atoms with van der Waals surface area (Å²) in [5.74, 6) is 0.258. The minimum atomic E-state index is -0.254. The number of aryl methyl sites for hydroxylation is 2. The van der Waals surface area contributed by atoms with Crippen molar-refractivity contribution < 1.29 is 13.9 Å². The second-order valence-corrected chi connectivity index (χ2v) is 7.97. The van der Waals surface area contributed by atoms with Gasteiger partial charge in [-0.3, -0.25) is 4.79 Å². The molecule has 0 unspecified atom stereocenters. The Hall–Kier alpha value is -3.06. The lowest BCUT2D eigenvalue weighted by molar-refractivity contribution is -0.123. The number of rotatable bonds is 7. The zero-order chi connectivity index (χ0) is 21.8. The van der Waals surface area contributed by atoms with Crippen LogP contribution in [0.15, 0.2) is 36.4 Å². The summed E-state index contributed by atoms with van der Waals surface area (Å²) in [7, 11) is 0. The minimum Gasteiger partial charge on any atom is -0.484 e. The number of benzene rings is 2. The standard InChI is InChI=1S/C24H29FN4O2/c1-16-6-7-21(25)24-23(16)20(17(2)28-24)8-9-27-22(30)15-31-19-5-3-4-18(14-19)29-12-10-26-11-13-29/h3-7,14,26,28H,8-13,15H2,1-2H3,(H,27,30). The quantitative estimate of drug-likeness (QED) is 0.545. The average Bonchev–Trinajstić information content (AvgIpc) is 3.13. The molecule has 164 valence electrons. The number of carbonyl (C=O) groups is 1. The Bertz CT molecular complexity index is 1070. The summed E-state index contributed by atoms with van der Waals surface area (Å²) in [6.45, 7) is 8.19. The number of piperazine rings is 1. The number of carbonyl (C=O) groups excluding carboxylic acids is 1. The molecule has 0 spiro atoms. The van der Waals surface area contributed by atoms with E-state index < -0.39 is 0 Å². The first-order valence-electron chi connectivity index (χ1n) is 10.7. The van der Waals surface area contributed by atoms with Crippen molar-refractivity contribution in [2.75, 3.05) is 44.2 Å². The van der Waals surface area contributed by atoms with Crippen molar-refractivity contribution in [2.45, 2.75) is 20.3 Å². The van der Waals surface area contributed by atoms with Gasteiger partial charge in [0.2, 0.25) is 0 Å². The maximum atomic E-state index is 14.1. The van der Waals surface area contributed by atoms with Crippen molar-refractivity contribution in [3.8, 4) is 5.75 Å². The fraction of sp³-hybridized carbons (Fsp3) is 0.375. The molecule has 1 saturated heterocycles. The molecule has 0 aliphatic carbocycles. The summed E-state index contributed by atoms with van der Waals surface area (Å²) in [5.41, 5.74) is 4.63. The van der Waals surface area contributed by atoms with Gasteiger partial charge in [0.15, 0.2) is 6.61 Å². The van der Waals surface area contributed by atoms with E-state index in [1.807, 2.05) is 32.0 Å². The largest absolute Gasteiger partial charge is 0.484 e. The summed E-state index contributed by atoms with van der Waals surface area (Å²) in [6.07, 6.45) is 0.625. The molecule has 3 N–H and O–H groups in total. The number of anilines is 1. The van der Waals surface area contributed by atoms with Gasteiger partial charge in [-0.25, -0.2) is 4.39 Å². The van der Waals surface area contributed by atoms with Gasteiger partial charge in [-0.2, -0.15) is 0 Å². The van der Waals surface area contributed by atoms with Crippen LogP contribution >= 0.6 is 0 Å². The third-order valence-corrected chi connectivity index (χ3v) is 5.80. The zero-order valence-corrected chi connectivity index (χ0v) is 18.1. The molecule has 31 heavy (non-hydrogen) atoms. The fourth-order valence-electron chi connectivity index (χ4n) is 4.18. The lowest BCUT2D eigenvalue weighted by Gasteiger charge is -2.29. The Morgan fingerprint density at radius 2 is 2.00 bits per heavy atom. The molecule has 1 aliphatic heterocycles. The summed E-state index contributed by atoms with van der Waals surface area (Å²) >= 11 is 0. The van der Waals surface area contributed by atoms with Gasteiger partial charge in [-0.15, -0.1) is 0 Å². The Morgan fingerprint density at radius 3 is 2.81 bits per heavy atom. The number of halogens is 1. The molecule has 1 aliphatic rings. The minimum absolute atomic E-state index is 0.0362. The fourth-order valence-corrected chi connectivity index (χ4v) is 4.18. The van der Waals surface area contributed by atoms with Crippen LogP contribution in [0.2, 0.25) is 0 Å². The highest BCUT2D eigenvalue weighted by atomic mass is 19.1. The summed E-state index contributed by atoms with van der Waals surface area (Å²) in [6, 6.07) is 11.1. The van der Waals surface area contributed by atoms with Crippen LogP contribution in [0.5, 0.6) is 5.75 Å². The number of aromatic nitrogens is 1. The molecule has 0 saturated carbocycles. The van der Waals surface area contributed by atoms with E-state index in [0.29, 0.717) is 24.2 Å². The van der Waals surface area contributed by atoms with Crippen molar-refractivity contribution >= 4 is 22.5 Å². The van der Waals surface area contributed by atoms with Crippen LogP contribution in [0.25, 0.3) is 10.9 Å². The number of hydrogen-bond acceptors (Lipinski definition) is 4. The maximum absolute atomic E-state index is 14.1. The predicted molar refractivity (Wildman–Crippen MR) is 121 cm³/mol. The highest BCUT2D eigenvalue weighted by molar-refractivity contribution is 5.88. The molecule has 1 fully saturated rings. The number of ether oxygens (including phenoxy) is 1. The van der Waals surface area contributed by atoms with Gasteiger partial charge in [-0.05, 0) is 49.6 Å². The first-order chi connectivity index (χ1) is 15.0. The number of fused-ring (bicyclic) bond motifs is 1. The van der Waals surface area contributed by atoms with Crippen molar-refractivity contribution in [3.05, 3.63) is 59.0 Å². The van der Waals surface area contributed by atoms with Crippen molar-refractivity contribution in [2.24, 2.45) is 0 Å². The van der Waals surface area contributed by atoms with E-state index >= 15 is 0 Å². The van der Waals surface area contributed by atoms with Crippen LogP contribution < -0.4 is 20.3 Å². The molecule has 1 amide bonds. The second kappa shape index (κ2) is 9.39. The van der Waals surface area contributed by atoms with Gasteiger partial charge in [0, 0.05) is 55.6 Å². The summed E-state index contributed by atoms with van der Waals surface area (Å²) < 4.78 is 19.8. The summed E-state index contributed by atoms with van der Waals surface area (Å²) in [4.78, 5) is 17.7. The topological polar surface area (TPSA) is 69.4 Å². The third-order valence-electron chi connectivity index (χ3n) is 5.80. The Labute approximate surface area is 181 Å². The second-order valence-electron chi connectivity index (χ2n) is 7.97. The predicted octanol–water partition coefficient (Wildman–Crippen LogP) is 3.07. The zero-order valence-electron chi connectivity index (χ0n) is 18.1. The number of amides is 1. The van der Waals surface area contributed by atoms with Crippen LogP contribution in [-0.4, -0.2) is 50.2 Å². The molecule has 2 heterocycles. The highest BCUT2D eigenvalue weighted by Crippen LogP contribution is 2.28. The number of nitrogens with one attached hydrogen (secondary N) is 3. The Kier molecular flexibility index (Phi) is 6.42. The molecule has 0 bridgehead atoms. The molecular weight excluding hydrogens is 395 g/mol. The monoisotopic (exact) mass is 424 g/mol. The van der Waals surface area contributed by atoms with E-state index in [4.69, 9.17) is 4.74 Å².